The van der Waals surface area contributed by atoms with E-state index in [1.807, 2.05) is 48.2 Å². The van der Waals surface area contributed by atoms with Crippen molar-refractivity contribution in [3.8, 4) is 0 Å². The van der Waals surface area contributed by atoms with E-state index in [9.17, 15) is 9.59 Å². The van der Waals surface area contributed by atoms with E-state index >= 15 is 0 Å². The second-order valence-corrected chi connectivity index (χ2v) is 9.49. The summed E-state index contributed by atoms with van der Waals surface area (Å²) in [6.45, 7) is 5.47. The van der Waals surface area contributed by atoms with Gasteiger partial charge in [-0.15, -0.1) is 0 Å². The van der Waals surface area contributed by atoms with E-state index in [4.69, 9.17) is 4.98 Å². The summed E-state index contributed by atoms with van der Waals surface area (Å²) in [6.07, 6.45) is 3.20. The SMILES string of the molecule is CCn1c(SC(C(=O)N2CCNCC2)c2ccccc2)nc2cc3c(cc2c1=O)CCC3. The van der Waals surface area contributed by atoms with Crippen LogP contribution in [0.25, 0.3) is 10.9 Å². The third-order valence-corrected chi connectivity index (χ3v) is 7.66. The van der Waals surface area contributed by atoms with Gasteiger partial charge < -0.3 is 10.2 Å². The lowest BCUT2D eigenvalue weighted by Crippen LogP contribution is -2.47. The molecule has 0 saturated carbocycles. The molecule has 1 amide bonds. The van der Waals surface area contributed by atoms with Crippen LogP contribution in [0, 0.1) is 0 Å². The Morgan fingerprint density at radius 1 is 1.12 bits per heavy atom. The van der Waals surface area contributed by atoms with Gasteiger partial charge >= 0.3 is 0 Å². The molecule has 1 unspecified atom stereocenters. The minimum atomic E-state index is -0.439. The molecule has 0 radical (unpaired) electrons. The molecule has 0 bridgehead atoms. The van der Waals surface area contributed by atoms with Crippen LogP contribution >= 0.6 is 11.8 Å². The summed E-state index contributed by atoms with van der Waals surface area (Å²) in [5, 5.41) is 4.16. The van der Waals surface area contributed by atoms with E-state index in [1.54, 1.807) is 4.57 Å². The third-order valence-electron chi connectivity index (χ3n) is 6.43. The molecule has 1 aromatic heterocycles. The Hall–Kier alpha value is -2.64. The topological polar surface area (TPSA) is 67.2 Å². The summed E-state index contributed by atoms with van der Waals surface area (Å²) >= 11 is 1.40. The molecule has 1 aliphatic heterocycles. The quantitative estimate of drug-likeness (QED) is 0.480. The molecule has 7 heteroatoms. The summed E-state index contributed by atoms with van der Waals surface area (Å²) in [5.74, 6) is 0.0775. The van der Waals surface area contributed by atoms with Gasteiger partial charge in [-0.2, -0.15) is 0 Å². The number of hydrogen-bond acceptors (Lipinski definition) is 5. The van der Waals surface area contributed by atoms with E-state index in [0.29, 0.717) is 30.2 Å². The molecule has 32 heavy (non-hydrogen) atoms. The minimum absolute atomic E-state index is 0.0175. The normalized spacial score (nSPS) is 16.8. The highest BCUT2D eigenvalue weighted by Crippen LogP contribution is 2.36. The lowest BCUT2D eigenvalue weighted by Gasteiger charge is -2.31. The van der Waals surface area contributed by atoms with Crippen LogP contribution in [0.1, 0.15) is 35.3 Å². The fourth-order valence-corrected chi connectivity index (χ4v) is 5.93. The predicted molar refractivity (Wildman–Crippen MR) is 128 cm³/mol. The lowest BCUT2D eigenvalue weighted by atomic mass is 10.1. The Kier molecular flexibility index (Phi) is 6.02. The Labute approximate surface area is 192 Å². The van der Waals surface area contributed by atoms with E-state index in [0.717, 1.165) is 43.4 Å². The van der Waals surface area contributed by atoms with E-state index < -0.39 is 5.25 Å². The number of thioether (sulfide) groups is 1. The smallest absolute Gasteiger partial charge is 0.262 e. The zero-order valence-corrected chi connectivity index (χ0v) is 19.2. The summed E-state index contributed by atoms with van der Waals surface area (Å²) in [5.41, 5.74) is 4.23. The number of aryl methyl sites for hydroxylation is 2. The first-order valence-corrected chi connectivity index (χ1v) is 12.3. The Balaban J connectivity index is 1.58. The van der Waals surface area contributed by atoms with Crippen molar-refractivity contribution in [3.63, 3.8) is 0 Å². The van der Waals surface area contributed by atoms with Gasteiger partial charge in [-0.05, 0) is 55.0 Å². The Bertz CT molecular complexity index is 1200. The number of nitrogens with zero attached hydrogens (tertiary/aromatic N) is 3. The molecule has 1 N–H and O–H groups in total. The van der Waals surface area contributed by atoms with Crippen molar-refractivity contribution < 1.29 is 4.79 Å². The summed E-state index contributed by atoms with van der Waals surface area (Å²) in [6, 6.07) is 14.0. The number of carbonyl (C=O) groups excluding carboxylic acids is 1. The Morgan fingerprint density at radius 3 is 2.56 bits per heavy atom. The van der Waals surface area contributed by atoms with Gasteiger partial charge in [0.25, 0.3) is 5.56 Å². The molecule has 2 aromatic carbocycles. The first-order valence-electron chi connectivity index (χ1n) is 11.4. The van der Waals surface area contributed by atoms with Crippen molar-refractivity contribution in [1.82, 2.24) is 19.8 Å². The maximum Gasteiger partial charge on any atom is 0.262 e. The fourth-order valence-electron chi connectivity index (χ4n) is 4.68. The molecule has 3 aromatic rings. The number of nitrogens with one attached hydrogen (secondary N) is 1. The monoisotopic (exact) mass is 448 g/mol. The molecule has 1 aliphatic carbocycles. The molecular weight excluding hydrogens is 420 g/mol. The zero-order chi connectivity index (χ0) is 22.1. The van der Waals surface area contributed by atoms with Gasteiger partial charge in [-0.25, -0.2) is 4.98 Å². The van der Waals surface area contributed by atoms with Crippen LogP contribution < -0.4 is 10.9 Å². The second kappa shape index (κ2) is 9.08. The van der Waals surface area contributed by atoms with Gasteiger partial charge in [0.1, 0.15) is 5.25 Å². The largest absolute Gasteiger partial charge is 0.339 e. The highest BCUT2D eigenvalue weighted by molar-refractivity contribution is 8.00. The summed E-state index contributed by atoms with van der Waals surface area (Å²) < 4.78 is 1.72. The average Bonchev–Trinajstić information content (AvgIpc) is 3.30. The molecule has 5 rings (SSSR count). The van der Waals surface area contributed by atoms with Crippen molar-refractivity contribution in [2.45, 2.75) is 43.1 Å². The molecule has 166 valence electrons. The molecule has 1 saturated heterocycles. The van der Waals surface area contributed by atoms with Crippen LogP contribution in [-0.2, 0) is 24.2 Å². The van der Waals surface area contributed by atoms with Gasteiger partial charge in [-0.3, -0.25) is 14.2 Å². The Morgan fingerprint density at radius 2 is 1.84 bits per heavy atom. The van der Waals surface area contributed by atoms with E-state index in [-0.39, 0.29) is 11.5 Å². The van der Waals surface area contributed by atoms with Crippen molar-refractivity contribution in [1.29, 1.82) is 0 Å². The van der Waals surface area contributed by atoms with E-state index in [2.05, 4.69) is 11.4 Å². The lowest BCUT2D eigenvalue weighted by molar-refractivity contribution is -0.131. The van der Waals surface area contributed by atoms with Gasteiger partial charge in [0, 0.05) is 32.7 Å². The van der Waals surface area contributed by atoms with Crippen molar-refractivity contribution in [3.05, 3.63) is 69.5 Å². The number of aromatic nitrogens is 2. The highest BCUT2D eigenvalue weighted by Gasteiger charge is 2.30. The van der Waals surface area contributed by atoms with Crippen LogP contribution in [-0.4, -0.2) is 46.5 Å². The van der Waals surface area contributed by atoms with Crippen LogP contribution in [0.5, 0.6) is 0 Å². The van der Waals surface area contributed by atoms with Crippen LogP contribution in [0.4, 0.5) is 0 Å². The third kappa shape index (κ3) is 3.95. The second-order valence-electron chi connectivity index (χ2n) is 8.42. The number of piperazine rings is 1. The van der Waals surface area contributed by atoms with Crippen molar-refractivity contribution >= 4 is 28.6 Å². The zero-order valence-electron chi connectivity index (χ0n) is 18.3. The molecule has 1 fully saturated rings. The van der Waals surface area contributed by atoms with Crippen molar-refractivity contribution in [2.24, 2.45) is 0 Å². The number of fused-ring (bicyclic) bond motifs is 2. The first kappa shape index (κ1) is 21.2. The van der Waals surface area contributed by atoms with Crippen LogP contribution in [0.15, 0.2) is 52.4 Å². The average molecular weight is 449 g/mol. The molecule has 6 nitrogen and oxygen atoms in total. The summed E-state index contributed by atoms with van der Waals surface area (Å²) in [4.78, 5) is 33.8. The van der Waals surface area contributed by atoms with Crippen LogP contribution in [0.3, 0.4) is 0 Å². The number of benzene rings is 2. The van der Waals surface area contributed by atoms with Gasteiger partial charge in [0.05, 0.1) is 10.9 Å². The maximum absolute atomic E-state index is 13.6. The molecule has 2 aliphatic rings. The van der Waals surface area contributed by atoms with Crippen LogP contribution in [0.2, 0.25) is 0 Å². The van der Waals surface area contributed by atoms with Crippen molar-refractivity contribution in [2.75, 3.05) is 26.2 Å². The number of amides is 1. The number of rotatable bonds is 5. The van der Waals surface area contributed by atoms with Gasteiger partial charge in [0.2, 0.25) is 5.91 Å². The number of carbonyl (C=O) groups is 1. The maximum atomic E-state index is 13.6. The van der Waals surface area contributed by atoms with E-state index in [1.165, 1.54) is 22.9 Å². The standard InChI is InChI=1S/C25H28N4O2S/c1-2-29-23(30)20-15-18-9-6-10-19(18)16-21(20)27-25(29)32-22(17-7-4-3-5-8-17)24(31)28-13-11-26-12-14-28/h3-5,7-8,15-16,22,26H,2,6,9-14H2,1H3. The summed E-state index contributed by atoms with van der Waals surface area (Å²) in [7, 11) is 0. The molecule has 0 spiro atoms. The highest BCUT2D eigenvalue weighted by atomic mass is 32.2. The predicted octanol–water partition coefficient (Wildman–Crippen LogP) is 3.17. The fraction of sp³-hybridized carbons (Fsp3) is 0.400. The molecule has 1 atom stereocenters. The first-order chi connectivity index (χ1) is 15.7. The minimum Gasteiger partial charge on any atom is -0.339 e. The molecular formula is C25H28N4O2S. The van der Waals surface area contributed by atoms with Gasteiger partial charge in [-0.1, -0.05) is 42.1 Å². The number of hydrogen-bond donors (Lipinski definition) is 1. The van der Waals surface area contributed by atoms with Gasteiger partial charge in [0.15, 0.2) is 5.16 Å². The molecule has 2 heterocycles.